The van der Waals surface area contributed by atoms with Crippen LogP contribution in [-0.4, -0.2) is 73.6 Å². The number of aliphatic hydroxyl groups excluding tert-OH is 3. The van der Waals surface area contributed by atoms with Gasteiger partial charge in [0.15, 0.2) is 22.7 Å². The lowest BCUT2D eigenvalue weighted by Crippen LogP contribution is -2.31. The van der Waals surface area contributed by atoms with Gasteiger partial charge in [-0.25, -0.2) is 4.98 Å². The lowest BCUT2D eigenvalue weighted by Gasteiger charge is -2.16. The van der Waals surface area contributed by atoms with Gasteiger partial charge in [0.25, 0.3) is 5.56 Å². The lowest BCUT2D eigenvalue weighted by molar-refractivity contribution is -0.0432. The Morgan fingerprint density at radius 1 is 1.30 bits per heavy atom. The maximum atomic E-state index is 13.0. The van der Waals surface area contributed by atoms with E-state index in [1.807, 2.05) is 0 Å². The van der Waals surface area contributed by atoms with E-state index < -0.39 is 30.1 Å². The maximum Gasteiger partial charge on any atom is 0.283 e. The third-order valence-corrected chi connectivity index (χ3v) is 5.72. The highest BCUT2D eigenvalue weighted by atomic mass is 16.5. The first kappa shape index (κ1) is 23.0. The molecule has 0 radical (unpaired) electrons. The summed E-state index contributed by atoms with van der Waals surface area (Å²) >= 11 is 0. The number of imidazole rings is 1. The minimum atomic E-state index is -0.928. The molecule has 2 aromatic heterocycles. The zero-order chi connectivity index (χ0) is 23.7. The molecule has 1 aromatic carbocycles. The number of aliphatic hydroxyl groups is 3. The molecule has 0 spiro atoms. The summed E-state index contributed by atoms with van der Waals surface area (Å²) in [7, 11) is 3.07. The number of ether oxygens (including phenoxy) is 3. The Kier molecular flexibility index (Phi) is 6.51. The lowest BCUT2D eigenvalue weighted by atomic mass is 10.1. The Hall–Kier alpha value is -3.19. The Balaban J connectivity index is 1.56. The molecule has 0 unspecified atom stereocenters. The smallest absolute Gasteiger partial charge is 0.283 e. The van der Waals surface area contributed by atoms with Gasteiger partial charge in [-0.05, 0) is 17.7 Å². The van der Waals surface area contributed by atoms with Gasteiger partial charge in [0.2, 0.25) is 5.95 Å². The fraction of sp³-hybridized carbons (Fsp3) is 0.476. The van der Waals surface area contributed by atoms with E-state index in [4.69, 9.17) is 19.9 Å². The first-order valence-corrected chi connectivity index (χ1v) is 10.4. The highest BCUT2D eigenvalue weighted by molar-refractivity contribution is 5.71. The summed E-state index contributed by atoms with van der Waals surface area (Å²) in [5.41, 5.74) is 6.62. The number of nitrogens with zero attached hydrogens (tertiary/aromatic N) is 4. The summed E-state index contributed by atoms with van der Waals surface area (Å²) < 4.78 is 18.8. The number of rotatable bonds is 8. The number of methoxy groups -OCH3 is 2. The fourth-order valence-corrected chi connectivity index (χ4v) is 4.01. The Labute approximate surface area is 188 Å². The number of hydrogen-bond donors (Lipinski definition) is 4. The summed E-state index contributed by atoms with van der Waals surface area (Å²) in [5, 5.41) is 29.9. The van der Waals surface area contributed by atoms with E-state index in [-0.39, 0.29) is 43.1 Å². The highest BCUT2D eigenvalue weighted by Crippen LogP contribution is 2.30. The molecule has 3 heterocycles. The van der Waals surface area contributed by atoms with Crippen LogP contribution in [0, 0.1) is 0 Å². The number of aromatic nitrogens is 4. The zero-order valence-corrected chi connectivity index (χ0v) is 18.3. The third-order valence-electron chi connectivity index (χ3n) is 5.72. The highest BCUT2D eigenvalue weighted by Gasteiger charge is 2.35. The number of hydrogen-bond acceptors (Lipinski definition) is 10. The number of benzene rings is 1. The molecule has 12 nitrogen and oxygen atoms in total. The van der Waals surface area contributed by atoms with Crippen molar-refractivity contribution < 1.29 is 29.5 Å². The predicted molar refractivity (Wildman–Crippen MR) is 117 cm³/mol. The summed E-state index contributed by atoms with van der Waals surface area (Å²) in [6, 6.07) is 5.30. The van der Waals surface area contributed by atoms with Crippen LogP contribution < -0.4 is 20.8 Å². The summed E-state index contributed by atoms with van der Waals surface area (Å²) in [6.45, 7) is -0.412. The normalized spacial score (nSPS) is 21.4. The van der Waals surface area contributed by atoms with Crippen LogP contribution in [-0.2, 0) is 17.7 Å². The van der Waals surface area contributed by atoms with E-state index in [1.54, 1.807) is 18.2 Å². The largest absolute Gasteiger partial charge is 0.493 e. The van der Waals surface area contributed by atoms with Crippen LogP contribution in [0.3, 0.4) is 0 Å². The van der Waals surface area contributed by atoms with E-state index in [0.29, 0.717) is 11.5 Å². The van der Waals surface area contributed by atoms with E-state index >= 15 is 0 Å². The zero-order valence-electron chi connectivity index (χ0n) is 18.3. The van der Waals surface area contributed by atoms with Gasteiger partial charge in [-0.15, -0.1) is 0 Å². The molecule has 0 amide bonds. The molecule has 12 heteroatoms. The molecule has 4 atom stereocenters. The maximum absolute atomic E-state index is 13.0. The molecule has 4 rings (SSSR count). The van der Waals surface area contributed by atoms with Crippen LogP contribution in [0.2, 0.25) is 0 Å². The Morgan fingerprint density at radius 2 is 2.06 bits per heavy atom. The van der Waals surface area contributed by atoms with Gasteiger partial charge in [-0.1, -0.05) is 6.07 Å². The molecule has 1 aliphatic rings. The molecule has 3 aromatic rings. The third kappa shape index (κ3) is 4.37. The van der Waals surface area contributed by atoms with E-state index in [9.17, 15) is 20.1 Å². The Morgan fingerprint density at radius 3 is 2.73 bits per heavy atom. The van der Waals surface area contributed by atoms with Gasteiger partial charge in [0.05, 0.1) is 45.9 Å². The molecule has 178 valence electrons. The molecule has 1 saturated heterocycles. The summed E-state index contributed by atoms with van der Waals surface area (Å²) in [5.74, 6) is 1.03. The van der Waals surface area contributed by atoms with Crippen molar-refractivity contribution >= 4 is 17.1 Å². The van der Waals surface area contributed by atoms with Crippen molar-refractivity contribution in [3.05, 3.63) is 40.4 Å². The monoisotopic (exact) mass is 461 g/mol. The average molecular weight is 461 g/mol. The second kappa shape index (κ2) is 9.35. The average Bonchev–Trinajstić information content (AvgIpc) is 3.39. The van der Waals surface area contributed by atoms with Crippen molar-refractivity contribution in [3.8, 4) is 11.5 Å². The fourth-order valence-electron chi connectivity index (χ4n) is 4.01. The molecule has 1 fully saturated rings. The van der Waals surface area contributed by atoms with Crippen molar-refractivity contribution in [2.75, 3.05) is 26.6 Å². The molecule has 1 aliphatic heterocycles. The standard InChI is InChI=1S/C21H27N5O7/c1-31-14-4-3-11(6-15(14)32-2)5-12(28)8-25-20(30)18-19(24-21(25)22)26(10-23-18)17-7-13(29)16(9-27)33-17/h3-4,6,10,12-13,16-17,27-29H,5,7-9H2,1-2H3,(H2,22,24)/t12-,13-,16-,17+/m0/s1. The van der Waals surface area contributed by atoms with Gasteiger partial charge >= 0.3 is 0 Å². The molecular formula is C21H27N5O7. The minimum absolute atomic E-state index is 0.0630. The quantitative estimate of drug-likeness (QED) is 0.341. The van der Waals surface area contributed by atoms with Crippen molar-refractivity contribution in [2.45, 2.75) is 43.9 Å². The van der Waals surface area contributed by atoms with E-state index in [0.717, 1.165) is 5.56 Å². The van der Waals surface area contributed by atoms with Crippen LogP contribution in [0.15, 0.2) is 29.3 Å². The first-order valence-electron chi connectivity index (χ1n) is 10.4. The first-order chi connectivity index (χ1) is 15.9. The summed E-state index contributed by atoms with van der Waals surface area (Å²) in [4.78, 5) is 21.5. The number of anilines is 1. The second-order valence-electron chi connectivity index (χ2n) is 7.87. The van der Waals surface area contributed by atoms with Crippen LogP contribution in [0.25, 0.3) is 11.2 Å². The molecular weight excluding hydrogens is 434 g/mol. The minimum Gasteiger partial charge on any atom is -0.493 e. The van der Waals surface area contributed by atoms with Crippen molar-refractivity contribution in [3.63, 3.8) is 0 Å². The van der Waals surface area contributed by atoms with Gasteiger partial charge in [0.1, 0.15) is 12.3 Å². The number of nitrogen functional groups attached to an aromatic ring is 1. The molecule has 33 heavy (non-hydrogen) atoms. The van der Waals surface area contributed by atoms with Gasteiger partial charge < -0.3 is 35.3 Å². The van der Waals surface area contributed by atoms with Crippen molar-refractivity contribution in [1.29, 1.82) is 0 Å². The molecule has 0 saturated carbocycles. The van der Waals surface area contributed by atoms with Crippen LogP contribution in [0.1, 0.15) is 18.2 Å². The van der Waals surface area contributed by atoms with E-state index in [1.165, 1.54) is 29.7 Å². The predicted octanol–water partition coefficient (Wildman–Crippen LogP) is -0.563. The van der Waals surface area contributed by atoms with Gasteiger partial charge in [-0.3, -0.25) is 13.9 Å². The van der Waals surface area contributed by atoms with Gasteiger partial charge in [-0.2, -0.15) is 4.98 Å². The Bertz CT molecular complexity index is 1190. The SMILES string of the molecule is COc1ccc(C[C@H](O)Cn2c(N)nc3c(ncn3[C@H]3C[C@H](O)[C@H](CO)O3)c2=O)cc1OC. The van der Waals surface area contributed by atoms with Crippen LogP contribution in [0.5, 0.6) is 11.5 Å². The van der Waals surface area contributed by atoms with Crippen molar-refractivity contribution in [1.82, 2.24) is 19.1 Å². The number of nitrogens with two attached hydrogens (primary N) is 1. The number of fused-ring (bicyclic) bond motifs is 1. The topological polar surface area (TPSA) is 167 Å². The molecule has 0 bridgehead atoms. The van der Waals surface area contributed by atoms with Crippen LogP contribution in [0.4, 0.5) is 5.95 Å². The second-order valence-corrected chi connectivity index (χ2v) is 7.87. The van der Waals surface area contributed by atoms with Crippen molar-refractivity contribution in [2.24, 2.45) is 0 Å². The molecule has 0 aliphatic carbocycles. The summed E-state index contributed by atoms with van der Waals surface area (Å²) in [6.07, 6.45) is -1.29. The van der Waals surface area contributed by atoms with Gasteiger partial charge in [0, 0.05) is 12.8 Å². The van der Waals surface area contributed by atoms with E-state index in [2.05, 4.69) is 9.97 Å². The molecule has 5 N–H and O–H groups in total. The van der Waals surface area contributed by atoms with Crippen LogP contribution >= 0.6 is 0 Å².